The van der Waals surface area contributed by atoms with Crippen molar-refractivity contribution in [2.75, 3.05) is 0 Å². The molecule has 0 aliphatic heterocycles. The molecule has 0 radical (unpaired) electrons. The molecule has 1 fully saturated rings. The van der Waals surface area contributed by atoms with Crippen molar-refractivity contribution in [3.05, 3.63) is 0 Å². The van der Waals surface area contributed by atoms with Gasteiger partial charge in [0, 0.05) is 6.04 Å². The van der Waals surface area contributed by atoms with E-state index in [2.05, 4.69) is 19.3 Å². The molecular formula is C17H36N2. The Balaban J connectivity index is 2.12. The highest BCUT2D eigenvalue weighted by Gasteiger charge is 2.25. The third-order valence-corrected chi connectivity index (χ3v) is 5.12. The lowest BCUT2D eigenvalue weighted by molar-refractivity contribution is 0.209. The fourth-order valence-electron chi connectivity index (χ4n) is 3.60. The molecular weight excluding hydrogens is 232 g/mol. The van der Waals surface area contributed by atoms with E-state index in [1.807, 2.05) is 0 Å². The van der Waals surface area contributed by atoms with Crippen molar-refractivity contribution < 1.29 is 0 Å². The van der Waals surface area contributed by atoms with Crippen molar-refractivity contribution in [3.8, 4) is 0 Å². The molecule has 2 nitrogen and oxygen atoms in total. The molecule has 1 unspecified atom stereocenters. The van der Waals surface area contributed by atoms with E-state index in [0.29, 0.717) is 6.04 Å². The van der Waals surface area contributed by atoms with Gasteiger partial charge in [-0.1, -0.05) is 71.6 Å². The molecule has 0 aromatic rings. The van der Waals surface area contributed by atoms with Gasteiger partial charge in [-0.25, -0.2) is 0 Å². The Bertz CT molecular complexity index is 197. The number of rotatable bonds is 10. The van der Waals surface area contributed by atoms with Gasteiger partial charge in [-0.15, -0.1) is 0 Å². The molecule has 0 heterocycles. The van der Waals surface area contributed by atoms with Gasteiger partial charge in [0.05, 0.1) is 0 Å². The molecule has 0 spiro atoms. The van der Waals surface area contributed by atoms with Crippen LogP contribution in [0.5, 0.6) is 0 Å². The number of hydrogen-bond acceptors (Lipinski definition) is 2. The van der Waals surface area contributed by atoms with Crippen LogP contribution in [-0.4, -0.2) is 6.04 Å². The fraction of sp³-hybridized carbons (Fsp3) is 1.00. The first-order valence-electron chi connectivity index (χ1n) is 8.77. The van der Waals surface area contributed by atoms with E-state index in [4.69, 9.17) is 5.84 Å². The van der Waals surface area contributed by atoms with Crippen LogP contribution >= 0.6 is 0 Å². The summed E-state index contributed by atoms with van der Waals surface area (Å²) >= 11 is 0. The average Bonchev–Trinajstić information content (AvgIpc) is 2.47. The van der Waals surface area contributed by atoms with E-state index in [0.717, 1.165) is 11.8 Å². The molecule has 114 valence electrons. The minimum atomic E-state index is 0.573. The Kier molecular flexibility index (Phi) is 9.54. The molecule has 0 saturated heterocycles. The maximum Gasteiger partial charge on any atom is 0.0238 e. The van der Waals surface area contributed by atoms with Crippen LogP contribution in [0.4, 0.5) is 0 Å². The number of nitrogens with one attached hydrogen (secondary N) is 1. The van der Waals surface area contributed by atoms with E-state index in [1.54, 1.807) is 0 Å². The fourth-order valence-corrected chi connectivity index (χ4v) is 3.60. The third-order valence-electron chi connectivity index (χ3n) is 5.12. The molecule has 19 heavy (non-hydrogen) atoms. The van der Waals surface area contributed by atoms with E-state index in [-0.39, 0.29) is 0 Å². The zero-order valence-electron chi connectivity index (χ0n) is 13.3. The first-order chi connectivity index (χ1) is 9.31. The van der Waals surface area contributed by atoms with Gasteiger partial charge in [0.25, 0.3) is 0 Å². The number of unbranched alkanes of at least 4 members (excludes halogenated alkanes) is 5. The Morgan fingerprint density at radius 2 is 1.58 bits per heavy atom. The third kappa shape index (κ3) is 6.76. The van der Waals surface area contributed by atoms with E-state index in [1.165, 1.54) is 77.0 Å². The molecule has 0 amide bonds. The molecule has 3 N–H and O–H groups in total. The smallest absolute Gasteiger partial charge is 0.0238 e. The molecule has 0 aromatic carbocycles. The lowest BCUT2D eigenvalue weighted by atomic mass is 9.76. The zero-order valence-corrected chi connectivity index (χ0v) is 13.3. The van der Waals surface area contributed by atoms with E-state index in [9.17, 15) is 0 Å². The molecule has 1 saturated carbocycles. The van der Waals surface area contributed by atoms with Gasteiger partial charge in [-0.05, 0) is 31.1 Å². The molecule has 0 aromatic heterocycles. The lowest BCUT2D eigenvalue weighted by Crippen LogP contribution is -2.42. The predicted molar refractivity (Wildman–Crippen MR) is 84.8 cm³/mol. The highest BCUT2D eigenvalue weighted by molar-refractivity contribution is 4.80. The van der Waals surface area contributed by atoms with Crippen molar-refractivity contribution in [2.24, 2.45) is 17.7 Å². The van der Waals surface area contributed by atoms with Crippen LogP contribution in [0.2, 0.25) is 0 Å². The Morgan fingerprint density at radius 1 is 0.947 bits per heavy atom. The number of hydrogen-bond donors (Lipinski definition) is 2. The molecule has 2 heteroatoms. The van der Waals surface area contributed by atoms with Crippen LogP contribution in [0.3, 0.4) is 0 Å². The van der Waals surface area contributed by atoms with Gasteiger partial charge in [0.2, 0.25) is 0 Å². The summed E-state index contributed by atoms with van der Waals surface area (Å²) in [6.07, 6.45) is 16.6. The first-order valence-corrected chi connectivity index (χ1v) is 8.77. The summed E-state index contributed by atoms with van der Waals surface area (Å²) in [5.74, 6) is 7.61. The maximum atomic E-state index is 5.78. The molecule has 0 bridgehead atoms. The standard InChI is InChI=1S/C17H36N2/c1-3-5-6-7-8-9-10-17(19-18)16-13-11-15(4-2)12-14-16/h15-17,19H,3-14,18H2,1-2H3. The minimum Gasteiger partial charge on any atom is -0.271 e. The molecule has 1 aliphatic rings. The molecule has 1 aliphatic carbocycles. The van der Waals surface area contributed by atoms with Gasteiger partial charge in [-0.3, -0.25) is 11.3 Å². The Labute approximate surface area is 120 Å². The van der Waals surface area contributed by atoms with Crippen LogP contribution in [-0.2, 0) is 0 Å². The topological polar surface area (TPSA) is 38.0 Å². The summed E-state index contributed by atoms with van der Waals surface area (Å²) in [4.78, 5) is 0. The van der Waals surface area contributed by atoms with Crippen molar-refractivity contribution >= 4 is 0 Å². The van der Waals surface area contributed by atoms with Crippen LogP contribution in [0.25, 0.3) is 0 Å². The summed E-state index contributed by atoms with van der Waals surface area (Å²) in [6, 6.07) is 0.573. The monoisotopic (exact) mass is 268 g/mol. The zero-order chi connectivity index (χ0) is 13.9. The second-order valence-corrected chi connectivity index (χ2v) is 6.52. The van der Waals surface area contributed by atoms with Gasteiger partial charge in [-0.2, -0.15) is 0 Å². The van der Waals surface area contributed by atoms with Crippen molar-refractivity contribution in [2.45, 2.75) is 96.9 Å². The number of nitrogens with two attached hydrogens (primary N) is 1. The Hall–Kier alpha value is -0.0800. The van der Waals surface area contributed by atoms with Crippen molar-refractivity contribution in [3.63, 3.8) is 0 Å². The van der Waals surface area contributed by atoms with Gasteiger partial charge < -0.3 is 0 Å². The lowest BCUT2D eigenvalue weighted by Gasteiger charge is -2.33. The minimum absolute atomic E-state index is 0.573. The summed E-state index contributed by atoms with van der Waals surface area (Å²) < 4.78 is 0. The van der Waals surface area contributed by atoms with Crippen LogP contribution in [0.1, 0.15) is 90.9 Å². The summed E-state index contributed by atoms with van der Waals surface area (Å²) in [7, 11) is 0. The van der Waals surface area contributed by atoms with Gasteiger partial charge in [0.15, 0.2) is 0 Å². The quantitative estimate of drug-likeness (QED) is 0.340. The van der Waals surface area contributed by atoms with Crippen LogP contribution in [0.15, 0.2) is 0 Å². The highest BCUT2D eigenvalue weighted by Crippen LogP contribution is 2.33. The van der Waals surface area contributed by atoms with E-state index >= 15 is 0 Å². The largest absolute Gasteiger partial charge is 0.271 e. The number of hydrazine groups is 1. The van der Waals surface area contributed by atoms with E-state index < -0.39 is 0 Å². The van der Waals surface area contributed by atoms with Crippen molar-refractivity contribution in [1.82, 2.24) is 5.43 Å². The predicted octanol–water partition coefficient (Wildman–Crippen LogP) is 4.79. The highest BCUT2D eigenvalue weighted by atomic mass is 15.2. The summed E-state index contributed by atoms with van der Waals surface area (Å²) in [6.45, 7) is 4.61. The first kappa shape index (κ1) is 17.0. The van der Waals surface area contributed by atoms with Crippen molar-refractivity contribution in [1.29, 1.82) is 0 Å². The maximum absolute atomic E-state index is 5.78. The Morgan fingerprint density at radius 3 is 2.16 bits per heavy atom. The van der Waals surface area contributed by atoms with Gasteiger partial charge >= 0.3 is 0 Å². The van der Waals surface area contributed by atoms with Crippen LogP contribution < -0.4 is 11.3 Å². The summed E-state index contributed by atoms with van der Waals surface area (Å²) in [5.41, 5.74) is 3.11. The summed E-state index contributed by atoms with van der Waals surface area (Å²) in [5, 5.41) is 0. The molecule has 1 rings (SSSR count). The molecule has 1 atom stereocenters. The normalized spacial score (nSPS) is 25.4. The second kappa shape index (κ2) is 10.7. The van der Waals surface area contributed by atoms with Crippen LogP contribution in [0, 0.1) is 11.8 Å². The second-order valence-electron chi connectivity index (χ2n) is 6.52. The van der Waals surface area contributed by atoms with Gasteiger partial charge in [0.1, 0.15) is 0 Å². The average molecular weight is 268 g/mol. The SMILES string of the molecule is CCCCCCCCC(NN)C1CCC(CC)CC1.